The molecule has 0 aliphatic carbocycles. The molecule has 7 heteroatoms. The predicted octanol–water partition coefficient (Wildman–Crippen LogP) is -1.87. The van der Waals surface area contributed by atoms with E-state index >= 15 is 0 Å². The van der Waals surface area contributed by atoms with Crippen molar-refractivity contribution in [3.05, 3.63) is 29.3 Å². The van der Waals surface area contributed by atoms with Gasteiger partial charge in [0.25, 0.3) is 0 Å². The van der Waals surface area contributed by atoms with E-state index in [0.717, 1.165) is 0 Å². The molecule has 0 aromatic heterocycles. The van der Waals surface area contributed by atoms with Crippen LogP contribution in [0.15, 0.2) is 18.2 Å². The molecule has 5 N–H and O–H groups in total. The zero-order chi connectivity index (χ0) is 13.0. The first-order valence-electron chi connectivity index (χ1n) is 4.88. The third-order valence-electron chi connectivity index (χ3n) is 2.33. The first kappa shape index (κ1) is 13.4. The molecule has 6 nitrogen and oxygen atoms in total. The first-order chi connectivity index (χ1) is 7.95. The van der Waals surface area contributed by atoms with Gasteiger partial charge in [0.15, 0.2) is 0 Å². The number of hydrogen-bond acceptors (Lipinski definition) is 5. The fourth-order valence-corrected chi connectivity index (χ4v) is 1.43. The number of hydrogen-bond donors (Lipinski definition) is 4. The van der Waals surface area contributed by atoms with Gasteiger partial charge in [-0.25, -0.2) is 0 Å². The summed E-state index contributed by atoms with van der Waals surface area (Å²) >= 11 is 0. The summed E-state index contributed by atoms with van der Waals surface area (Å²) in [7, 11) is -1.74. The van der Waals surface area contributed by atoms with Gasteiger partial charge in [-0.05, 0) is 23.5 Å². The SMILES string of the molecule is NC(Cc1ccc(B(O)O)c(C=O)c1)C(=O)O. The number of carboxylic acids is 1. The summed E-state index contributed by atoms with van der Waals surface area (Å²) in [4.78, 5) is 21.3. The topological polar surface area (TPSA) is 121 Å². The molecule has 90 valence electrons. The van der Waals surface area contributed by atoms with Crippen molar-refractivity contribution >= 4 is 24.8 Å². The predicted molar refractivity (Wildman–Crippen MR) is 61.0 cm³/mol. The van der Waals surface area contributed by atoms with Gasteiger partial charge in [-0.15, -0.1) is 0 Å². The van der Waals surface area contributed by atoms with E-state index in [1.165, 1.54) is 18.2 Å². The van der Waals surface area contributed by atoms with Crippen LogP contribution in [0.1, 0.15) is 15.9 Å². The van der Waals surface area contributed by atoms with E-state index in [1.54, 1.807) is 0 Å². The number of carbonyl (C=O) groups excluding carboxylic acids is 1. The van der Waals surface area contributed by atoms with Crippen LogP contribution in [-0.2, 0) is 11.2 Å². The number of nitrogens with two attached hydrogens (primary N) is 1. The van der Waals surface area contributed by atoms with E-state index in [1.807, 2.05) is 0 Å². The summed E-state index contributed by atoms with van der Waals surface area (Å²) in [6, 6.07) is 3.20. The van der Waals surface area contributed by atoms with Crippen molar-refractivity contribution in [3.8, 4) is 0 Å². The largest absolute Gasteiger partial charge is 0.489 e. The minimum atomic E-state index is -1.74. The fraction of sp³-hybridized carbons (Fsp3) is 0.200. The molecule has 0 fully saturated rings. The molecule has 0 radical (unpaired) electrons. The maximum absolute atomic E-state index is 10.7. The molecular weight excluding hydrogens is 225 g/mol. The lowest BCUT2D eigenvalue weighted by Crippen LogP contribution is -2.34. The van der Waals surface area contributed by atoms with Crippen LogP contribution in [0.3, 0.4) is 0 Å². The average Bonchev–Trinajstić information content (AvgIpc) is 2.28. The van der Waals surface area contributed by atoms with Crippen LogP contribution in [0.25, 0.3) is 0 Å². The van der Waals surface area contributed by atoms with Gasteiger partial charge in [-0.2, -0.15) is 0 Å². The third-order valence-corrected chi connectivity index (χ3v) is 2.33. The van der Waals surface area contributed by atoms with Gasteiger partial charge in [-0.3, -0.25) is 9.59 Å². The second-order valence-corrected chi connectivity index (χ2v) is 3.60. The molecule has 0 aliphatic rings. The van der Waals surface area contributed by atoms with E-state index in [9.17, 15) is 9.59 Å². The normalized spacial score (nSPS) is 11.9. The maximum atomic E-state index is 10.7. The van der Waals surface area contributed by atoms with Gasteiger partial charge in [0.05, 0.1) is 0 Å². The van der Waals surface area contributed by atoms with E-state index in [2.05, 4.69) is 0 Å². The molecule has 0 saturated carbocycles. The highest BCUT2D eigenvalue weighted by Crippen LogP contribution is 2.05. The van der Waals surface area contributed by atoms with E-state index in [4.69, 9.17) is 20.9 Å². The van der Waals surface area contributed by atoms with Crippen molar-refractivity contribution in [1.29, 1.82) is 0 Å². The van der Waals surface area contributed by atoms with Crippen molar-refractivity contribution in [2.24, 2.45) is 5.73 Å². The third kappa shape index (κ3) is 3.38. The number of rotatable bonds is 5. The highest BCUT2D eigenvalue weighted by Gasteiger charge is 2.17. The highest BCUT2D eigenvalue weighted by molar-refractivity contribution is 6.60. The quantitative estimate of drug-likeness (QED) is 0.351. The second-order valence-electron chi connectivity index (χ2n) is 3.60. The molecular formula is C10H12BNO5. The number of carboxylic acid groups (broad SMARTS) is 1. The standard InChI is InChI=1S/C10H12BNO5/c12-9(10(14)15)4-6-1-2-8(11(16)17)7(3-6)5-13/h1-3,5,9,16-17H,4,12H2,(H,14,15). The van der Waals surface area contributed by atoms with E-state index in [0.29, 0.717) is 11.8 Å². The lowest BCUT2D eigenvalue weighted by atomic mass is 9.76. The van der Waals surface area contributed by atoms with Crippen molar-refractivity contribution in [2.75, 3.05) is 0 Å². The van der Waals surface area contributed by atoms with Crippen LogP contribution in [0.5, 0.6) is 0 Å². The average molecular weight is 237 g/mol. The molecule has 0 saturated heterocycles. The number of carbonyl (C=O) groups is 2. The number of aliphatic carboxylic acids is 1. The Balaban J connectivity index is 2.97. The Labute approximate surface area is 97.8 Å². The Morgan fingerprint density at radius 2 is 2.12 bits per heavy atom. The van der Waals surface area contributed by atoms with Crippen molar-refractivity contribution in [2.45, 2.75) is 12.5 Å². The molecule has 0 amide bonds. The molecule has 17 heavy (non-hydrogen) atoms. The lowest BCUT2D eigenvalue weighted by molar-refractivity contribution is -0.138. The Morgan fingerprint density at radius 1 is 1.47 bits per heavy atom. The molecule has 0 heterocycles. The molecule has 0 aliphatic heterocycles. The van der Waals surface area contributed by atoms with Crippen LogP contribution in [0, 0.1) is 0 Å². The summed E-state index contributed by atoms with van der Waals surface area (Å²) in [5.41, 5.74) is 6.08. The number of aldehydes is 1. The number of benzene rings is 1. The summed E-state index contributed by atoms with van der Waals surface area (Å²) < 4.78 is 0. The highest BCUT2D eigenvalue weighted by atomic mass is 16.4. The van der Waals surface area contributed by atoms with Crippen LogP contribution in [0.2, 0.25) is 0 Å². The Bertz CT molecular complexity index is 435. The van der Waals surface area contributed by atoms with E-state index in [-0.39, 0.29) is 17.4 Å². The summed E-state index contributed by atoms with van der Waals surface area (Å²) in [5.74, 6) is -1.14. The summed E-state index contributed by atoms with van der Waals surface area (Å²) in [6.07, 6.45) is 0.544. The Kier molecular flexibility index (Phi) is 4.39. The van der Waals surface area contributed by atoms with Gasteiger partial charge in [-0.1, -0.05) is 12.1 Å². The van der Waals surface area contributed by atoms with Gasteiger partial charge in [0, 0.05) is 5.56 Å². The second kappa shape index (κ2) is 5.58. The van der Waals surface area contributed by atoms with Crippen molar-refractivity contribution < 1.29 is 24.7 Å². The minimum Gasteiger partial charge on any atom is -0.480 e. The Morgan fingerprint density at radius 3 is 2.59 bits per heavy atom. The lowest BCUT2D eigenvalue weighted by Gasteiger charge is -2.09. The minimum absolute atomic E-state index is 0.0674. The van der Waals surface area contributed by atoms with Gasteiger partial charge in [0.1, 0.15) is 12.3 Å². The molecule has 1 unspecified atom stereocenters. The fourth-order valence-electron chi connectivity index (χ4n) is 1.43. The van der Waals surface area contributed by atoms with Crippen LogP contribution in [-0.4, -0.2) is 40.6 Å². The Hall–Kier alpha value is -1.70. The van der Waals surface area contributed by atoms with Crippen LogP contribution < -0.4 is 11.2 Å². The van der Waals surface area contributed by atoms with Crippen LogP contribution >= 0.6 is 0 Å². The maximum Gasteiger partial charge on any atom is 0.489 e. The molecule has 1 aromatic rings. The zero-order valence-electron chi connectivity index (χ0n) is 8.91. The molecule has 0 spiro atoms. The first-order valence-corrected chi connectivity index (χ1v) is 4.88. The van der Waals surface area contributed by atoms with Gasteiger partial charge in [0.2, 0.25) is 0 Å². The summed E-state index contributed by atoms with van der Waals surface area (Å²) in [5, 5.41) is 26.6. The molecule has 1 aromatic carbocycles. The zero-order valence-corrected chi connectivity index (χ0v) is 8.91. The molecule has 1 atom stereocenters. The van der Waals surface area contributed by atoms with Crippen molar-refractivity contribution in [1.82, 2.24) is 0 Å². The molecule has 1 rings (SSSR count). The smallest absolute Gasteiger partial charge is 0.480 e. The monoisotopic (exact) mass is 237 g/mol. The van der Waals surface area contributed by atoms with Crippen molar-refractivity contribution in [3.63, 3.8) is 0 Å². The van der Waals surface area contributed by atoms with Gasteiger partial charge >= 0.3 is 13.1 Å². The van der Waals surface area contributed by atoms with E-state index < -0.39 is 19.1 Å². The molecule has 0 bridgehead atoms. The van der Waals surface area contributed by atoms with Crippen LogP contribution in [0.4, 0.5) is 0 Å². The van der Waals surface area contributed by atoms with Gasteiger partial charge < -0.3 is 20.9 Å². The summed E-state index contributed by atoms with van der Waals surface area (Å²) in [6.45, 7) is 0.